The molecule has 1 saturated carbocycles. The van der Waals surface area contributed by atoms with Crippen LogP contribution < -0.4 is 10.5 Å². The molecule has 5 rings (SSSR count). The van der Waals surface area contributed by atoms with E-state index in [-0.39, 0.29) is 23.1 Å². The summed E-state index contributed by atoms with van der Waals surface area (Å²) in [5.41, 5.74) is 0.682. The van der Waals surface area contributed by atoms with Crippen molar-refractivity contribution in [1.29, 1.82) is 0 Å². The van der Waals surface area contributed by atoms with Crippen LogP contribution in [0.25, 0.3) is 5.65 Å². The number of amides is 1. The van der Waals surface area contributed by atoms with Crippen LogP contribution >= 0.6 is 0 Å². The standard InChI is InChI=1S/C19H21N7O2/c1-23-9-3-4-14(18(23)27)19(28)24(2)13-10-25(11-13)16-8-7-15-20-21-17(12-5-6-12)26(15)22-16/h3-4,7-9,12-13H,5-6,10-11H2,1-2H3. The lowest BCUT2D eigenvalue weighted by Crippen LogP contribution is -2.60. The van der Waals surface area contributed by atoms with E-state index in [0.717, 1.165) is 30.1 Å². The number of fused-ring (bicyclic) bond motifs is 1. The Kier molecular flexibility index (Phi) is 3.71. The molecule has 0 N–H and O–H groups in total. The molecular weight excluding hydrogens is 358 g/mol. The van der Waals surface area contributed by atoms with E-state index in [0.29, 0.717) is 19.0 Å². The number of anilines is 1. The number of likely N-dealkylation sites (N-methyl/N-ethyl adjacent to an activating group) is 1. The second-order valence-corrected chi connectivity index (χ2v) is 7.61. The van der Waals surface area contributed by atoms with Gasteiger partial charge in [-0.25, -0.2) is 0 Å². The van der Waals surface area contributed by atoms with Gasteiger partial charge >= 0.3 is 0 Å². The number of hydrogen-bond acceptors (Lipinski definition) is 6. The molecule has 3 aromatic rings. The van der Waals surface area contributed by atoms with Crippen molar-refractivity contribution in [3.05, 3.63) is 52.2 Å². The summed E-state index contributed by atoms with van der Waals surface area (Å²) in [4.78, 5) is 28.7. The highest BCUT2D eigenvalue weighted by atomic mass is 16.2. The van der Waals surface area contributed by atoms with Crippen LogP contribution in [0.15, 0.2) is 35.3 Å². The normalized spacial score (nSPS) is 17.0. The van der Waals surface area contributed by atoms with E-state index in [1.165, 1.54) is 4.57 Å². The van der Waals surface area contributed by atoms with Crippen LogP contribution in [-0.2, 0) is 7.05 Å². The Bertz CT molecular complexity index is 1120. The van der Waals surface area contributed by atoms with Crippen LogP contribution in [0.3, 0.4) is 0 Å². The van der Waals surface area contributed by atoms with Gasteiger partial charge in [-0.1, -0.05) is 0 Å². The van der Waals surface area contributed by atoms with E-state index >= 15 is 0 Å². The molecule has 0 spiro atoms. The third-order valence-corrected chi connectivity index (χ3v) is 5.62. The Labute approximate surface area is 161 Å². The lowest BCUT2D eigenvalue weighted by Gasteiger charge is -2.44. The van der Waals surface area contributed by atoms with E-state index in [1.807, 2.05) is 16.6 Å². The van der Waals surface area contributed by atoms with Crippen molar-refractivity contribution in [3.63, 3.8) is 0 Å². The fourth-order valence-electron chi connectivity index (χ4n) is 3.56. The summed E-state index contributed by atoms with van der Waals surface area (Å²) in [5.74, 6) is 2.01. The van der Waals surface area contributed by atoms with Crippen molar-refractivity contribution in [1.82, 2.24) is 29.3 Å². The summed E-state index contributed by atoms with van der Waals surface area (Å²) in [7, 11) is 3.39. The first-order valence-electron chi connectivity index (χ1n) is 9.43. The quantitative estimate of drug-likeness (QED) is 0.662. The molecule has 9 heteroatoms. The van der Waals surface area contributed by atoms with Gasteiger partial charge in [0.1, 0.15) is 11.4 Å². The Morgan fingerprint density at radius 2 is 1.96 bits per heavy atom. The third kappa shape index (κ3) is 2.65. The highest BCUT2D eigenvalue weighted by molar-refractivity contribution is 5.94. The van der Waals surface area contributed by atoms with E-state index in [9.17, 15) is 9.59 Å². The van der Waals surface area contributed by atoms with Crippen molar-refractivity contribution in [2.75, 3.05) is 25.0 Å². The van der Waals surface area contributed by atoms with Crippen LogP contribution in [0.5, 0.6) is 0 Å². The first kappa shape index (κ1) is 16.9. The largest absolute Gasteiger partial charge is 0.351 e. The molecule has 2 aliphatic rings. The molecule has 3 aromatic heterocycles. The summed E-state index contributed by atoms with van der Waals surface area (Å²) in [5, 5.41) is 13.2. The fraction of sp³-hybridized carbons (Fsp3) is 0.421. The van der Waals surface area contributed by atoms with E-state index in [2.05, 4.69) is 15.1 Å². The SMILES string of the molecule is CN(C(=O)c1cccn(C)c1=O)C1CN(c2ccc3nnc(C4CC4)n3n2)C1. The van der Waals surface area contributed by atoms with Gasteiger partial charge in [-0.05, 0) is 37.1 Å². The predicted molar refractivity (Wildman–Crippen MR) is 103 cm³/mol. The summed E-state index contributed by atoms with van der Waals surface area (Å²) >= 11 is 0. The van der Waals surface area contributed by atoms with Crippen LogP contribution in [0.2, 0.25) is 0 Å². The molecule has 4 heterocycles. The summed E-state index contributed by atoms with van der Waals surface area (Å²) in [6, 6.07) is 7.20. The monoisotopic (exact) mass is 379 g/mol. The molecule has 1 saturated heterocycles. The number of pyridine rings is 1. The second kappa shape index (κ2) is 6.15. The van der Waals surface area contributed by atoms with Crippen LogP contribution in [0.4, 0.5) is 5.82 Å². The smallest absolute Gasteiger partial charge is 0.263 e. The number of carbonyl (C=O) groups is 1. The molecule has 2 fully saturated rings. The van der Waals surface area contributed by atoms with Crippen LogP contribution in [0, 0.1) is 0 Å². The average molecular weight is 379 g/mol. The van der Waals surface area contributed by atoms with Gasteiger partial charge in [0, 0.05) is 39.3 Å². The molecule has 1 aliphatic heterocycles. The summed E-state index contributed by atoms with van der Waals surface area (Å²) in [6.07, 6.45) is 3.93. The molecule has 9 nitrogen and oxygen atoms in total. The number of aromatic nitrogens is 5. The van der Waals surface area contributed by atoms with Crippen molar-refractivity contribution in [2.24, 2.45) is 7.05 Å². The first-order chi connectivity index (χ1) is 13.5. The highest BCUT2D eigenvalue weighted by Crippen LogP contribution is 2.38. The Hall–Kier alpha value is -3.23. The average Bonchev–Trinajstić information content (AvgIpc) is 3.41. The maximum Gasteiger partial charge on any atom is 0.263 e. The summed E-state index contributed by atoms with van der Waals surface area (Å²) < 4.78 is 3.26. The van der Waals surface area contributed by atoms with Gasteiger partial charge < -0.3 is 14.4 Å². The van der Waals surface area contributed by atoms with Crippen molar-refractivity contribution >= 4 is 17.4 Å². The maximum absolute atomic E-state index is 12.7. The van der Waals surface area contributed by atoms with Gasteiger partial charge in [-0.3, -0.25) is 9.59 Å². The maximum atomic E-state index is 12.7. The third-order valence-electron chi connectivity index (χ3n) is 5.62. The number of aryl methyl sites for hydroxylation is 1. The molecule has 144 valence electrons. The topological polar surface area (TPSA) is 88.6 Å². The van der Waals surface area contributed by atoms with E-state index < -0.39 is 0 Å². The van der Waals surface area contributed by atoms with Crippen molar-refractivity contribution in [3.8, 4) is 0 Å². The summed E-state index contributed by atoms with van der Waals surface area (Å²) in [6.45, 7) is 1.35. The van der Waals surface area contributed by atoms with Gasteiger partial charge in [0.05, 0.1) is 6.04 Å². The van der Waals surface area contributed by atoms with Crippen LogP contribution in [0.1, 0.15) is 34.9 Å². The van der Waals surface area contributed by atoms with E-state index in [1.54, 1.807) is 37.3 Å². The molecule has 1 amide bonds. The number of carbonyl (C=O) groups excluding carboxylic acids is 1. The minimum Gasteiger partial charge on any atom is -0.351 e. The lowest BCUT2D eigenvalue weighted by molar-refractivity contribution is 0.0702. The molecule has 0 unspecified atom stereocenters. The number of nitrogens with zero attached hydrogens (tertiary/aromatic N) is 7. The first-order valence-corrected chi connectivity index (χ1v) is 9.43. The molecule has 28 heavy (non-hydrogen) atoms. The van der Waals surface area contributed by atoms with Crippen LogP contribution in [-0.4, -0.2) is 61.4 Å². The Morgan fingerprint density at radius 3 is 2.71 bits per heavy atom. The molecule has 0 aromatic carbocycles. The second-order valence-electron chi connectivity index (χ2n) is 7.61. The zero-order valence-corrected chi connectivity index (χ0v) is 15.8. The van der Waals surface area contributed by atoms with Crippen molar-refractivity contribution < 1.29 is 4.79 Å². The Morgan fingerprint density at radius 1 is 1.18 bits per heavy atom. The van der Waals surface area contributed by atoms with Crippen molar-refractivity contribution in [2.45, 2.75) is 24.8 Å². The Balaban J connectivity index is 1.31. The van der Waals surface area contributed by atoms with Gasteiger partial charge in [0.15, 0.2) is 11.5 Å². The minimum absolute atomic E-state index is 0.0405. The molecule has 0 radical (unpaired) electrons. The lowest BCUT2D eigenvalue weighted by atomic mass is 10.1. The van der Waals surface area contributed by atoms with Gasteiger partial charge in [0.25, 0.3) is 11.5 Å². The minimum atomic E-state index is -0.275. The fourth-order valence-corrected chi connectivity index (χ4v) is 3.56. The zero-order chi connectivity index (χ0) is 19.4. The molecular formula is C19H21N7O2. The molecule has 0 bridgehead atoms. The predicted octanol–water partition coefficient (Wildman–Crippen LogP) is 0.661. The van der Waals surface area contributed by atoms with Gasteiger partial charge in [-0.2, -0.15) is 4.52 Å². The van der Waals surface area contributed by atoms with Gasteiger partial charge in [0.2, 0.25) is 0 Å². The number of rotatable bonds is 4. The van der Waals surface area contributed by atoms with Gasteiger partial charge in [-0.15, -0.1) is 15.3 Å². The number of hydrogen-bond donors (Lipinski definition) is 0. The molecule has 0 atom stereocenters. The highest BCUT2D eigenvalue weighted by Gasteiger charge is 2.35. The molecule has 1 aliphatic carbocycles. The van der Waals surface area contributed by atoms with E-state index in [4.69, 9.17) is 5.10 Å². The zero-order valence-electron chi connectivity index (χ0n) is 15.8.